The SMILES string of the molecule is CC(c1cncs1)N(C)C(=O)C1CCN(C2CCCCC2)CC1. The van der Waals surface area contributed by atoms with Gasteiger partial charge in [0.05, 0.1) is 11.6 Å². The van der Waals surface area contributed by atoms with Crippen LogP contribution in [0.2, 0.25) is 0 Å². The van der Waals surface area contributed by atoms with Gasteiger partial charge in [0, 0.05) is 30.1 Å². The van der Waals surface area contributed by atoms with E-state index in [1.807, 2.05) is 23.7 Å². The van der Waals surface area contributed by atoms with Crippen molar-refractivity contribution in [1.82, 2.24) is 14.8 Å². The first-order valence-electron chi connectivity index (χ1n) is 9.06. The van der Waals surface area contributed by atoms with E-state index in [2.05, 4.69) is 16.8 Å². The normalized spacial score (nSPS) is 22.9. The zero-order chi connectivity index (χ0) is 16.2. The molecule has 0 N–H and O–H groups in total. The van der Waals surface area contributed by atoms with E-state index in [0.717, 1.165) is 32.0 Å². The molecular formula is C18H29N3OS. The average Bonchev–Trinajstić information content (AvgIpc) is 3.15. The van der Waals surface area contributed by atoms with Gasteiger partial charge in [-0.3, -0.25) is 9.78 Å². The van der Waals surface area contributed by atoms with Gasteiger partial charge in [-0.05, 0) is 45.7 Å². The van der Waals surface area contributed by atoms with E-state index in [4.69, 9.17) is 0 Å². The smallest absolute Gasteiger partial charge is 0.226 e. The maximum absolute atomic E-state index is 12.8. The van der Waals surface area contributed by atoms with Crippen LogP contribution in [0.4, 0.5) is 0 Å². The van der Waals surface area contributed by atoms with Gasteiger partial charge in [0.1, 0.15) is 0 Å². The van der Waals surface area contributed by atoms with E-state index in [9.17, 15) is 4.79 Å². The van der Waals surface area contributed by atoms with Gasteiger partial charge in [-0.25, -0.2) is 0 Å². The fraction of sp³-hybridized carbons (Fsp3) is 0.778. The Morgan fingerprint density at radius 2 is 1.96 bits per heavy atom. The van der Waals surface area contributed by atoms with Crippen molar-refractivity contribution in [3.05, 3.63) is 16.6 Å². The van der Waals surface area contributed by atoms with Crippen LogP contribution in [0.3, 0.4) is 0 Å². The van der Waals surface area contributed by atoms with Gasteiger partial charge in [0.15, 0.2) is 0 Å². The lowest BCUT2D eigenvalue weighted by Crippen LogP contribution is -2.46. The highest BCUT2D eigenvalue weighted by atomic mass is 32.1. The third kappa shape index (κ3) is 3.94. The van der Waals surface area contributed by atoms with Gasteiger partial charge < -0.3 is 9.80 Å². The van der Waals surface area contributed by atoms with Gasteiger partial charge in [-0.15, -0.1) is 11.3 Å². The minimum absolute atomic E-state index is 0.131. The van der Waals surface area contributed by atoms with Crippen molar-refractivity contribution in [2.24, 2.45) is 5.92 Å². The summed E-state index contributed by atoms with van der Waals surface area (Å²) < 4.78 is 0. The molecule has 1 aliphatic carbocycles. The van der Waals surface area contributed by atoms with Gasteiger partial charge in [-0.2, -0.15) is 0 Å². The zero-order valence-corrected chi connectivity index (χ0v) is 15.2. The molecular weight excluding hydrogens is 306 g/mol. The monoisotopic (exact) mass is 335 g/mol. The number of nitrogens with zero attached hydrogens (tertiary/aromatic N) is 3. The lowest BCUT2D eigenvalue weighted by Gasteiger charge is -2.40. The van der Waals surface area contributed by atoms with Crippen LogP contribution in [0, 0.1) is 5.92 Å². The van der Waals surface area contributed by atoms with Gasteiger partial charge in [0.2, 0.25) is 5.91 Å². The van der Waals surface area contributed by atoms with Crippen LogP contribution >= 0.6 is 11.3 Å². The summed E-state index contributed by atoms with van der Waals surface area (Å²) in [6, 6.07) is 0.917. The first-order chi connectivity index (χ1) is 11.2. The molecule has 1 atom stereocenters. The molecule has 1 unspecified atom stereocenters. The molecule has 4 nitrogen and oxygen atoms in total. The quantitative estimate of drug-likeness (QED) is 0.841. The molecule has 128 valence electrons. The standard InChI is InChI=1S/C18H29N3OS/c1-14(17-12-19-13-23-17)20(2)18(22)15-8-10-21(11-9-15)16-6-4-3-5-7-16/h12-16H,3-11H2,1-2H3. The van der Waals surface area contributed by atoms with Crippen molar-refractivity contribution >= 4 is 17.2 Å². The fourth-order valence-electron chi connectivity index (χ4n) is 4.06. The summed E-state index contributed by atoms with van der Waals surface area (Å²) in [5.74, 6) is 0.518. The number of amides is 1. The summed E-state index contributed by atoms with van der Waals surface area (Å²) in [7, 11) is 1.94. The van der Waals surface area contributed by atoms with Gasteiger partial charge in [-0.1, -0.05) is 19.3 Å². The zero-order valence-electron chi connectivity index (χ0n) is 14.4. The molecule has 0 bridgehead atoms. The Balaban J connectivity index is 1.51. The minimum atomic E-state index is 0.131. The van der Waals surface area contributed by atoms with E-state index in [0.29, 0.717) is 5.91 Å². The Morgan fingerprint density at radius 3 is 2.57 bits per heavy atom. The highest BCUT2D eigenvalue weighted by Crippen LogP contribution is 2.30. The van der Waals surface area contributed by atoms with Crippen LogP contribution in [0.25, 0.3) is 0 Å². The van der Waals surface area contributed by atoms with Crippen LogP contribution in [0.5, 0.6) is 0 Å². The third-order valence-corrected chi connectivity index (χ3v) is 6.71. The lowest BCUT2D eigenvalue weighted by molar-refractivity contribution is -0.137. The molecule has 1 saturated carbocycles. The molecule has 1 aromatic rings. The maximum atomic E-state index is 12.8. The first kappa shape index (κ1) is 16.9. The molecule has 1 aliphatic heterocycles. The second-order valence-corrected chi connectivity index (χ2v) is 8.05. The van der Waals surface area contributed by atoms with Crippen LogP contribution in [-0.2, 0) is 4.79 Å². The molecule has 5 heteroatoms. The van der Waals surface area contributed by atoms with Crippen molar-refractivity contribution in [3.8, 4) is 0 Å². The molecule has 3 rings (SSSR count). The van der Waals surface area contributed by atoms with Gasteiger partial charge in [0.25, 0.3) is 0 Å². The lowest BCUT2D eigenvalue weighted by atomic mass is 9.89. The summed E-state index contributed by atoms with van der Waals surface area (Å²) in [6.07, 6.45) is 10.8. The first-order valence-corrected chi connectivity index (χ1v) is 9.94. The van der Waals surface area contributed by atoms with E-state index in [1.54, 1.807) is 11.3 Å². The van der Waals surface area contributed by atoms with Crippen molar-refractivity contribution < 1.29 is 4.79 Å². The molecule has 1 aromatic heterocycles. The summed E-state index contributed by atoms with van der Waals surface area (Å²) in [6.45, 7) is 4.30. The second-order valence-electron chi connectivity index (χ2n) is 7.13. The Bertz CT molecular complexity index is 490. The van der Waals surface area contributed by atoms with E-state index >= 15 is 0 Å². The number of rotatable bonds is 4. The van der Waals surface area contributed by atoms with E-state index in [1.165, 1.54) is 37.0 Å². The summed E-state index contributed by atoms with van der Waals surface area (Å²) in [5.41, 5.74) is 1.84. The molecule has 2 aliphatic rings. The molecule has 1 amide bonds. The largest absolute Gasteiger partial charge is 0.338 e. The number of hydrogen-bond acceptors (Lipinski definition) is 4. The Kier molecular flexibility index (Phi) is 5.70. The number of aromatic nitrogens is 1. The summed E-state index contributed by atoms with van der Waals surface area (Å²) in [4.78, 5) is 22.7. The topological polar surface area (TPSA) is 36.4 Å². The van der Waals surface area contributed by atoms with Crippen molar-refractivity contribution in [1.29, 1.82) is 0 Å². The molecule has 0 spiro atoms. The number of carbonyl (C=O) groups excluding carboxylic acids is 1. The average molecular weight is 336 g/mol. The Labute approximate surface area is 143 Å². The third-order valence-electron chi connectivity index (χ3n) is 5.76. The molecule has 0 radical (unpaired) electrons. The number of hydrogen-bond donors (Lipinski definition) is 0. The van der Waals surface area contributed by atoms with E-state index in [-0.39, 0.29) is 12.0 Å². The van der Waals surface area contributed by atoms with Crippen LogP contribution in [0.15, 0.2) is 11.7 Å². The summed E-state index contributed by atoms with van der Waals surface area (Å²) >= 11 is 1.63. The number of thiazole rings is 1. The van der Waals surface area contributed by atoms with Crippen molar-refractivity contribution in [2.75, 3.05) is 20.1 Å². The predicted octanol–water partition coefficient (Wildman–Crippen LogP) is 3.71. The molecule has 2 heterocycles. The fourth-order valence-corrected chi connectivity index (χ4v) is 4.78. The Morgan fingerprint density at radius 1 is 1.26 bits per heavy atom. The maximum Gasteiger partial charge on any atom is 0.226 e. The number of piperidine rings is 1. The minimum Gasteiger partial charge on any atom is -0.338 e. The molecule has 2 fully saturated rings. The predicted molar refractivity (Wildman–Crippen MR) is 94.5 cm³/mol. The highest BCUT2D eigenvalue weighted by Gasteiger charge is 2.32. The molecule has 1 saturated heterocycles. The van der Waals surface area contributed by atoms with Crippen molar-refractivity contribution in [2.45, 2.75) is 64.0 Å². The molecule has 23 heavy (non-hydrogen) atoms. The molecule has 0 aromatic carbocycles. The summed E-state index contributed by atoms with van der Waals surface area (Å²) in [5, 5.41) is 0. The van der Waals surface area contributed by atoms with Crippen LogP contribution in [-0.4, -0.2) is 46.9 Å². The Hall–Kier alpha value is -0.940. The van der Waals surface area contributed by atoms with E-state index < -0.39 is 0 Å². The van der Waals surface area contributed by atoms with Crippen molar-refractivity contribution in [3.63, 3.8) is 0 Å². The second kappa shape index (κ2) is 7.75. The highest BCUT2D eigenvalue weighted by molar-refractivity contribution is 7.09. The number of carbonyl (C=O) groups is 1. The number of likely N-dealkylation sites (tertiary alicyclic amines) is 1. The van der Waals surface area contributed by atoms with Gasteiger partial charge >= 0.3 is 0 Å². The van der Waals surface area contributed by atoms with Crippen LogP contribution in [0.1, 0.15) is 62.8 Å². The van der Waals surface area contributed by atoms with Crippen LogP contribution < -0.4 is 0 Å².